The molecule has 0 aliphatic carbocycles. The van der Waals surface area contributed by atoms with Crippen molar-refractivity contribution in [2.24, 2.45) is 0 Å². The van der Waals surface area contributed by atoms with Crippen molar-refractivity contribution in [1.29, 1.82) is 0 Å². The summed E-state index contributed by atoms with van der Waals surface area (Å²) in [5.41, 5.74) is 3.25. The largest absolute Gasteiger partial charge is 0.508 e. The van der Waals surface area contributed by atoms with Crippen LogP contribution in [-0.2, 0) is 5.41 Å². The number of unbranched alkanes of at least 4 members (excludes halogenated alkanes) is 1. The highest BCUT2D eigenvalue weighted by molar-refractivity contribution is 5.55. The molecule has 0 aliphatic rings. The SMILES string of the molecule is C=C(/C=C/c1ccc(O)cc1)C(C)(C)c1ccccc1.CCCC. The fraction of sp³-hybridized carbons (Fsp3) is 0.304. The van der Waals surface area contributed by atoms with Gasteiger partial charge in [0, 0.05) is 5.41 Å². The third-order valence-corrected chi connectivity index (χ3v) is 4.17. The van der Waals surface area contributed by atoms with Gasteiger partial charge < -0.3 is 5.11 Å². The van der Waals surface area contributed by atoms with E-state index in [4.69, 9.17) is 0 Å². The van der Waals surface area contributed by atoms with E-state index < -0.39 is 0 Å². The molecule has 0 saturated heterocycles. The first kappa shape index (κ1) is 19.8. The number of hydrogen-bond acceptors (Lipinski definition) is 1. The molecule has 128 valence electrons. The lowest BCUT2D eigenvalue weighted by atomic mass is 9.78. The van der Waals surface area contributed by atoms with E-state index >= 15 is 0 Å². The first-order chi connectivity index (χ1) is 11.4. The van der Waals surface area contributed by atoms with Crippen LogP contribution < -0.4 is 0 Å². The first-order valence-corrected chi connectivity index (χ1v) is 8.63. The second kappa shape index (κ2) is 9.77. The van der Waals surface area contributed by atoms with Crippen LogP contribution in [-0.4, -0.2) is 5.11 Å². The molecule has 0 heterocycles. The smallest absolute Gasteiger partial charge is 0.115 e. The van der Waals surface area contributed by atoms with Crippen LogP contribution in [0.15, 0.2) is 72.8 Å². The average molecular weight is 322 g/mol. The molecular formula is C23H30O. The van der Waals surface area contributed by atoms with Crippen LogP contribution in [0.5, 0.6) is 5.75 Å². The minimum atomic E-state index is -0.103. The van der Waals surface area contributed by atoms with Gasteiger partial charge in [-0.3, -0.25) is 0 Å². The maximum atomic E-state index is 9.27. The number of rotatable bonds is 5. The minimum absolute atomic E-state index is 0.103. The Labute approximate surface area is 147 Å². The fourth-order valence-corrected chi connectivity index (χ4v) is 2.03. The monoisotopic (exact) mass is 322 g/mol. The number of allylic oxidation sites excluding steroid dienone is 2. The lowest BCUT2D eigenvalue weighted by molar-refractivity contribution is 0.475. The van der Waals surface area contributed by atoms with Crippen LogP contribution in [0.1, 0.15) is 51.7 Å². The molecule has 0 atom stereocenters. The molecule has 2 aromatic carbocycles. The highest BCUT2D eigenvalue weighted by Crippen LogP contribution is 2.31. The summed E-state index contributed by atoms with van der Waals surface area (Å²) in [6, 6.07) is 17.5. The Hall–Kier alpha value is -2.28. The van der Waals surface area contributed by atoms with Crippen LogP contribution in [0.2, 0.25) is 0 Å². The lowest BCUT2D eigenvalue weighted by Crippen LogP contribution is -2.18. The Morgan fingerprint density at radius 1 is 0.958 bits per heavy atom. The molecule has 24 heavy (non-hydrogen) atoms. The normalized spacial score (nSPS) is 11.0. The molecule has 0 saturated carbocycles. The molecule has 0 fully saturated rings. The second-order valence-corrected chi connectivity index (χ2v) is 6.44. The average Bonchev–Trinajstić information content (AvgIpc) is 2.62. The van der Waals surface area contributed by atoms with E-state index in [1.54, 1.807) is 12.1 Å². The maximum Gasteiger partial charge on any atom is 0.115 e. The molecule has 0 bridgehead atoms. The Balaban J connectivity index is 0.000000648. The van der Waals surface area contributed by atoms with Crippen molar-refractivity contribution in [2.75, 3.05) is 0 Å². The van der Waals surface area contributed by atoms with E-state index in [2.05, 4.69) is 46.4 Å². The van der Waals surface area contributed by atoms with Gasteiger partial charge in [0.05, 0.1) is 0 Å². The van der Waals surface area contributed by atoms with Crippen molar-refractivity contribution in [3.05, 3.63) is 84.0 Å². The molecule has 0 unspecified atom stereocenters. The molecule has 0 aliphatic heterocycles. The predicted octanol–water partition coefficient (Wildman–Crippen LogP) is 6.75. The van der Waals surface area contributed by atoms with Crippen LogP contribution in [0, 0.1) is 0 Å². The van der Waals surface area contributed by atoms with Crippen LogP contribution in [0.25, 0.3) is 6.08 Å². The molecule has 1 nitrogen and oxygen atoms in total. The topological polar surface area (TPSA) is 20.2 Å². The predicted molar refractivity (Wildman–Crippen MR) is 106 cm³/mol. The van der Waals surface area contributed by atoms with Crippen LogP contribution in [0.3, 0.4) is 0 Å². The highest BCUT2D eigenvalue weighted by Gasteiger charge is 2.21. The number of phenols is 1. The zero-order valence-corrected chi connectivity index (χ0v) is 15.4. The second-order valence-electron chi connectivity index (χ2n) is 6.44. The number of hydrogen-bond donors (Lipinski definition) is 1. The summed E-state index contributed by atoms with van der Waals surface area (Å²) in [6.45, 7) is 12.9. The maximum absolute atomic E-state index is 9.27. The first-order valence-electron chi connectivity index (χ1n) is 8.63. The Morgan fingerprint density at radius 3 is 2.00 bits per heavy atom. The van der Waals surface area contributed by atoms with Gasteiger partial charge in [-0.15, -0.1) is 0 Å². The molecule has 1 heteroatoms. The quantitative estimate of drug-likeness (QED) is 0.604. The van der Waals surface area contributed by atoms with Crippen molar-refractivity contribution in [3.63, 3.8) is 0 Å². The minimum Gasteiger partial charge on any atom is -0.508 e. The van der Waals surface area contributed by atoms with Gasteiger partial charge in [0.2, 0.25) is 0 Å². The molecule has 0 spiro atoms. The molecule has 2 rings (SSSR count). The summed E-state index contributed by atoms with van der Waals surface area (Å²) in [4.78, 5) is 0. The van der Waals surface area contributed by atoms with Gasteiger partial charge in [-0.2, -0.15) is 0 Å². The summed E-state index contributed by atoms with van der Waals surface area (Å²) >= 11 is 0. The zero-order valence-electron chi connectivity index (χ0n) is 15.4. The lowest BCUT2D eigenvalue weighted by Gasteiger charge is -2.26. The summed E-state index contributed by atoms with van der Waals surface area (Å²) in [7, 11) is 0. The van der Waals surface area contributed by atoms with Gasteiger partial charge in [0.25, 0.3) is 0 Å². The number of benzene rings is 2. The molecular weight excluding hydrogens is 292 g/mol. The van der Waals surface area contributed by atoms with E-state index in [1.165, 1.54) is 18.4 Å². The van der Waals surface area contributed by atoms with Gasteiger partial charge in [0.1, 0.15) is 5.75 Å². The van der Waals surface area contributed by atoms with Gasteiger partial charge >= 0.3 is 0 Å². The van der Waals surface area contributed by atoms with Crippen LogP contribution >= 0.6 is 0 Å². The molecule has 2 aromatic rings. The van der Waals surface area contributed by atoms with Crippen molar-refractivity contribution in [2.45, 2.75) is 46.0 Å². The standard InChI is InChI=1S/C19H20O.C4H10/c1-15(9-10-16-11-13-18(20)14-12-16)19(2,3)17-7-5-4-6-8-17;1-3-4-2/h4-14,20H,1H2,2-3H3;3-4H2,1-2H3/b10-9+;. The van der Waals surface area contributed by atoms with Crippen molar-refractivity contribution in [3.8, 4) is 5.75 Å². The van der Waals surface area contributed by atoms with Crippen molar-refractivity contribution >= 4 is 6.08 Å². The van der Waals surface area contributed by atoms with Crippen molar-refractivity contribution in [1.82, 2.24) is 0 Å². The highest BCUT2D eigenvalue weighted by atomic mass is 16.3. The molecule has 0 amide bonds. The van der Waals surface area contributed by atoms with Crippen LogP contribution in [0.4, 0.5) is 0 Å². The fourth-order valence-electron chi connectivity index (χ4n) is 2.03. The van der Waals surface area contributed by atoms with Gasteiger partial charge in [-0.1, -0.05) is 102 Å². The van der Waals surface area contributed by atoms with E-state index in [1.807, 2.05) is 42.5 Å². The van der Waals surface area contributed by atoms with E-state index in [0.29, 0.717) is 0 Å². The summed E-state index contributed by atoms with van der Waals surface area (Å²) in [6.07, 6.45) is 6.70. The van der Waals surface area contributed by atoms with Gasteiger partial charge in [-0.05, 0) is 28.8 Å². The Bertz CT molecular complexity index is 631. The molecule has 0 aromatic heterocycles. The zero-order chi connectivity index (χ0) is 18.0. The van der Waals surface area contributed by atoms with E-state index in [-0.39, 0.29) is 11.2 Å². The summed E-state index contributed by atoms with van der Waals surface area (Å²) < 4.78 is 0. The Kier molecular flexibility index (Phi) is 8.05. The number of aromatic hydroxyl groups is 1. The third-order valence-electron chi connectivity index (χ3n) is 4.17. The Morgan fingerprint density at radius 2 is 1.50 bits per heavy atom. The van der Waals surface area contributed by atoms with Crippen molar-refractivity contribution < 1.29 is 5.11 Å². The van der Waals surface area contributed by atoms with Gasteiger partial charge in [0.15, 0.2) is 0 Å². The van der Waals surface area contributed by atoms with E-state index in [0.717, 1.165) is 11.1 Å². The third kappa shape index (κ3) is 6.08. The van der Waals surface area contributed by atoms with Gasteiger partial charge in [-0.25, -0.2) is 0 Å². The summed E-state index contributed by atoms with van der Waals surface area (Å²) in [5.74, 6) is 0.283. The number of phenolic OH excluding ortho intramolecular Hbond substituents is 1. The van der Waals surface area contributed by atoms with E-state index in [9.17, 15) is 5.11 Å². The summed E-state index contributed by atoms with van der Waals surface area (Å²) in [5, 5.41) is 9.27. The molecule has 0 radical (unpaired) electrons. The molecule has 1 N–H and O–H groups in total.